The van der Waals surface area contributed by atoms with Crippen LogP contribution >= 0.6 is 0 Å². The minimum atomic E-state index is -2.62. The third-order valence-electron chi connectivity index (χ3n) is 2.26. The maximum Gasteiger partial charge on any atom is 0.319 e. The van der Waals surface area contributed by atoms with Gasteiger partial charge in [0.25, 0.3) is 0 Å². The molecule has 0 atom stereocenters. The van der Waals surface area contributed by atoms with E-state index in [-0.39, 0.29) is 12.4 Å². The standard InChI is InChI=1S/C10H9F2N3O/c11-10(12)15-5-3-13-9(15)6-14-4-1-2-8(14)7-16/h1-5,7,10H,6H2. The first-order valence-corrected chi connectivity index (χ1v) is 4.62. The highest BCUT2D eigenvalue weighted by molar-refractivity contribution is 5.72. The third-order valence-corrected chi connectivity index (χ3v) is 2.26. The van der Waals surface area contributed by atoms with E-state index in [4.69, 9.17) is 0 Å². The molecule has 0 saturated carbocycles. The van der Waals surface area contributed by atoms with Crippen LogP contribution in [0.2, 0.25) is 0 Å². The van der Waals surface area contributed by atoms with Crippen molar-refractivity contribution in [2.75, 3.05) is 0 Å². The number of carbonyl (C=O) groups excluding carboxylic acids is 1. The monoisotopic (exact) mass is 225 g/mol. The first-order chi connectivity index (χ1) is 7.72. The first kappa shape index (κ1) is 10.5. The molecule has 0 amide bonds. The average molecular weight is 225 g/mol. The molecule has 2 aromatic rings. The molecule has 0 aromatic carbocycles. The van der Waals surface area contributed by atoms with E-state index in [1.54, 1.807) is 22.9 Å². The largest absolute Gasteiger partial charge is 0.338 e. The Bertz CT molecular complexity index is 490. The average Bonchev–Trinajstić information content (AvgIpc) is 2.86. The molecule has 0 saturated heterocycles. The zero-order chi connectivity index (χ0) is 11.5. The Kier molecular flexibility index (Phi) is 2.80. The highest BCUT2D eigenvalue weighted by Gasteiger charge is 2.12. The number of nitrogens with zero attached hydrogens (tertiary/aromatic N) is 3. The zero-order valence-corrected chi connectivity index (χ0v) is 8.25. The summed E-state index contributed by atoms with van der Waals surface area (Å²) in [5, 5.41) is 0. The summed E-state index contributed by atoms with van der Waals surface area (Å²) in [7, 11) is 0. The third kappa shape index (κ3) is 1.86. The Hall–Kier alpha value is -1.98. The molecule has 16 heavy (non-hydrogen) atoms. The molecule has 0 aliphatic rings. The van der Waals surface area contributed by atoms with Gasteiger partial charge in [0.1, 0.15) is 5.82 Å². The lowest BCUT2D eigenvalue weighted by molar-refractivity contribution is 0.0667. The van der Waals surface area contributed by atoms with Gasteiger partial charge in [0.15, 0.2) is 6.29 Å². The molecule has 0 unspecified atom stereocenters. The Morgan fingerprint density at radius 1 is 1.44 bits per heavy atom. The maximum absolute atomic E-state index is 12.5. The normalized spacial score (nSPS) is 10.9. The van der Waals surface area contributed by atoms with Gasteiger partial charge in [-0.15, -0.1) is 0 Å². The number of carbonyl (C=O) groups is 1. The molecule has 0 radical (unpaired) electrons. The Morgan fingerprint density at radius 3 is 2.94 bits per heavy atom. The highest BCUT2D eigenvalue weighted by atomic mass is 19.3. The van der Waals surface area contributed by atoms with Gasteiger partial charge in [-0.1, -0.05) is 0 Å². The van der Waals surface area contributed by atoms with Gasteiger partial charge in [0.05, 0.1) is 12.2 Å². The van der Waals surface area contributed by atoms with Crippen molar-refractivity contribution < 1.29 is 13.6 Å². The van der Waals surface area contributed by atoms with Gasteiger partial charge >= 0.3 is 6.55 Å². The molecule has 84 valence electrons. The van der Waals surface area contributed by atoms with Crippen molar-refractivity contribution >= 4 is 6.29 Å². The van der Waals surface area contributed by atoms with Crippen LogP contribution in [-0.4, -0.2) is 20.4 Å². The Labute approximate surface area is 90.1 Å². The molecule has 2 aromatic heterocycles. The fourth-order valence-corrected chi connectivity index (χ4v) is 1.47. The van der Waals surface area contributed by atoms with Crippen LogP contribution in [0.4, 0.5) is 8.78 Å². The minimum absolute atomic E-state index is 0.151. The molecule has 0 spiro atoms. The number of aromatic nitrogens is 3. The number of aldehydes is 1. The van der Waals surface area contributed by atoms with Gasteiger partial charge in [-0.3, -0.25) is 9.36 Å². The van der Waals surface area contributed by atoms with Gasteiger partial charge in [0.2, 0.25) is 0 Å². The molecule has 0 fully saturated rings. The molecule has 0 N–H and O–H groups in total. The van der Waals surface area contributed by atoms with Crippen molar-refractivity contribution in [1.82, 2.24) is 14.1 Å². The zero-order valence-electron chi connectivity index (χ0n) is 8.25. The van der Waals surface area contributed by atoms with Gasteiger partial charge in [0, 0.05) is 18.6 Å². The van der Waals surface area contributed by atoms with E-state index in [9.17, 15) is 13.6 Å². The van der Waals surface area contributed by atoms with Crippen LogP contribution in [-0.2, 0) is 6.54 Å². The lowest BCUT2D eigenvalue weighted by Crippen LogP contribution is -2.10. The number of alkyl halides is 2. The lowest BCUT2D eigenvalue weighted by Gasteiger charge is -2.08. The van der Waals surface area contributed by atoms with Gasteiger partial charge in [-0.05, 0) is 12.1 Å². The van der Waals surface area contributed by atoms with E-state index in [2.05, 4.69) is 4.98 Å². The summed E-state index contributed by atoms with van der Waals surface area (Å²) in [6.07, 6.45) is 4.85. The van der Waals surface area contributed by atoms with E-state index in [1.807, 2.05) is 0 Å². The second kappa shape index (κ2) is 4.26. The molecule has 6 heteroatoms. The van der Waals surface area contributed by atoms with Crippen molar-refractivity contribution in [3.05, 3.63) is 42.2 Å². The summed E-state index contributed by atoms with van der Waals surface area (Å²) in [5.41, 5.74) is 0.434. The first-order valence-electron chi connectivity index (χ1n) is 4.62. The maximum atomic E-state index is 12.5. The molecular weight excluding hydrogens is 216 g/mol. The summed E-state index contributed by atoms with van der Waals surface area (Å²) in [4.78, 5) is 14.5. The number of imidazole rings is 1. The van der Waals surface area contributed by atoms with Crippen LogP contribution in [0.25, 0.3) is 0 Å². The van der Waals surface area contributed by atoms with E-state index < -0.39 is 6.55 Å². The van der Waals surface area contributed by atoms with Gasteiger partial charge < -0.3 is 4.57 Å². The Morgan fingerprint density at radius 2 is 2.25 bits per heavy atom. The molecule has 2 heterocycles. The second-order valence-corrected chi connectivity index (χ2v) is 3.21. The van der Waals surface area contributed by atoms with Crippen LogP contribution in [0.15, 0.2) is 30.7 Å². The summed E-state index contributed by atoms with van der Waals surface area (Å²) in [5.74, 6) is 0.217. The van der Waals surface area contributed by atoms with E-state index >= 15 is 0 Å². The predicted molar refractivity (Wildman–Crippen MR) is 52.4 cm³/mol. The molecule has 4 nitrogen and oxygen atoms in total. The van der Waals surface area contributed by atoms with Crippen LogP contribution in [0.3, 0.4) is 0 Å². The topological polar surface area (TPSA) is 39.8 Å². The number of hydrogen-bond donors (Lipinski definition) is 0. The Balaban J connectivity index is 2.27. The van der Waals surface area contributed by atoms with Crippen LogP contribution < -0.4 is 0 Å². The van der Waals surface area contributed by atoms with Crippen LogP contribution in [0.1, 0.15) is 22.9 Å². The van der Waals surface area contributed by atoms with Crippen molar-refractivity contribution in [2.24, 2.45) is 0 Å². The SMILES string of the molecule is O=Cc1cccn1Cc1nccn1C(F)F. The van der Waals surface area contributed by atoms with E-state index in [1.165, 1.54) is 12.4 Å². The number of rotatable bonds is 4. The molecular formula is C10H9F2N3O. The smallest absolute Gasteiger partial charge is 0.319 e. The quantitative estimate of drug-likeness (QED) is 0.746. The molecule has 0 bridgehead atoms. The highest BCUT2D eigenvalue weighted by Crippen LogP contribution is 2.14. The van der Waals surface area contributed by atoms with Gasteiger partial charge in [-0.25, -0.2) is 4.98 Å². The number of halogens is 2. The summed E-state index contributed by atoms with van der Waals surface area (Å²) >= 11 is 0. The lowest BCUT2D eigenvalue weighted by atomic mass is 10.4. The van der Waals surface area contributed by atoms with Crippen molar-refractivity contribution in [3.8, 4) is 0 Å². The van der Waals surface area contributed by atoms with Crippen molar-refractivity contribution in [1.29, 1.82) is 0 Å². The van der Waals surface area contributed by atoms with Crippen molar-refractivity contribution in [2.45, 2.75) is 13.1 Å². The van der Waals surface area contributed by atoms with Crippen LogP contribution in [0.5, 0.6) is 0 Å². The van der Waals surface area contributed by atoms with Crippen LogP contribution in [0, 0.1) is 0 Å². The second-order valence-electron chi connectivity index (χ2n) is 3.21. The summed E-state index contributed by atoms with van der Waals surface area (Å²) < 4.78 is 27.4. The summed E-state index contributed by atoms with van der Waals surface area (Å²) in [6, 6.07) is 3.29. The summed E-state index contributed by atoms with van der Waals surface area (Å²) in [6.45, 7) is -2.47. The van der Waals surface area contributed by atoms with E-state index in [0.717, 1.165) is 4.57 Å². The fraction of sp³-hybridized carbons (Fsp3) is 0.200. The number of hydrogen-bond acceptors (Lipinski definition) is 2. The van der Waals surface area contributed by atoms with E-state index in [0.29, 0.717) is 12.0 Å². The predicted octanol–water partition coefficient (Wildman–Crippen LogP) is 1.94. The fourth-order valence-electron chi connectivity index (χ4n) is 1.47. The molecule has 2 rings (SSSR count). The van der Waals surface area contributed by atoms with Crippen molar-refractivity contribution in [3.63, 3.8) is 0 Å². The molecule has 0 aliphatic carbocycles. The minimum Gasteiger partial charge on any atom is -0.338 e. The van der Waals surface area contributed by atoms with Gasteiger partial charge in [-0.2, -0.15) is 8.78 Å². The molecule has 0 aliphatic heterocycles.